The average molecular weight is 624 g/mol. The van der Waals surface area contributed by atoms with Crippen molar-refractivity contribution in [1.29, 1.82) is 0 Å². The van der Waals surface area contributed by atoms with Gasteiger partial charge in [0.25, 0.3) is 0 Å². The van der Waals surface area contributed by atoms with Crippen molar-refractivity contribution in [2.24, 2.45) is 11.8 Å². The first-order valence-electron chi connectivity index (χ1n) is 14.6. The fourth-order valence-corrected chi connectivity index (χ4v) is 6.97. The van der Waals surface area contributed by atoms with E-state index in [0.29, 0.717) is 19.1 Å². The second-order valence-corrected chi connectivity index (χ2v) is 14.5. The molecule has 3 aliphatic rings. The lowest BCUT2D eigenvalue weighted by Gasteiger charge is -2.44. The molecular weight excluding hydrogens is 574 g/mol. The van der Waals surface area contributed by atoms with Crippen molar-refractivity contribution in [3.63, 3.8) is 0 Å². The maximum absolute atomic E-state index is 14.0. The molecule has 41 heavy (non-hydrogen) atoms. The monoisotopic (exact) mass is 623 g/mol. The van der Waals surface area contributed by atoms with Gasteiger partial charge < -0.3 is 39.7 Å². The first kappa shape index (κ1) is 34.6. The highest BCUT2D eigenvalue weighted by atomic mass is 35.5. The predicted molar refractivity (Wildman–Crippen MR) is 158 cm³/mol. The molecule has 3 saturated heterocycles. The molecule has 4 N–H and O–H groups in total. The summed E-state index contributed by atoms with van der Waals surface area (Å²) in [5, 5.41) is 33.7. The van der Waals surface area contributed by atoms with Crippen molar-refractivity contribution in [3.05, 3.63) is 0 Å². The van der Waals surface area contributed by atoms with Crippen LogP contribution < -0.4 is 5.32 Å². The number of aliphatic hydroxyl groups is 3. The lowest BCUT2D eigenvalue weighted by Crippen LogP contribution is -2.65. The zero-order valence-corrected chi connectivity index (χ0v) is 26.9. The molecule has 0 saturated carbocycles. The number of hydrogen-bond donors (Lipinski definition) is 4. The Hall–Kier alpha value is -0.860. The van der Waals surface area contributed by atoms with Crippen molar-refractivity contribution in [2.45, 2.75) is 112 Å². The molecule has 13 heteroatoms. The van der Waals surface area contributed by atoms with Gasteiger partial charge in [0.1, 0.15) is 41.5 Å². The van der Waals surface area contributed by atoms with Crippen LogP contribution in [0.2, 0.25) is 0 Å². The number of amides is 2. The van der Waals surface area contributed by atoms with Gasteiger partial charge in [0.15, 0.2) is 0 Å². The minimum Gasteiger partial charge on any atom is -0.444 e. The zero-order chi connectivity index (χ0) is 30.6. The molecule has 238 valence electrons. The average Bonchev–Trinajstić information content (AvgIpc) is 3.11. The van der Waals surface area contributed by atoms with E-state index in [-0.39, 0.29) is 5.92 Å². The van der Waals surface area contributed by atoms with Crippen LogP contribution in [0.1, 0.15) is 53.4 Å². The van der Waals surface area contributed by atoms with E-state index >= 15 is 0 Å². The number of nitrogens with one attached hydrogen (secondary N) is 1. The molecule has 0 aromatic carbocycles. The van der Waals surface area contributed by atoms with Gasteiger partial charge >= 0.3 is 6.09 Å². The minimum atomic E-state index is -1.49. The minimum absolute atomic E-state index is 0.0497. The van der Waals surface area contributed by atoms with Crippen LogP contribution >= 0.6 is 23.4 Å². The number of thioether (sulfide) groups is 1. The highest BCUT2D eigenvalue weighted by Crippen LogP contribution is 2.38. The van der Waals surface area contributed by atoms with E-state index in [0.717, 1.165) is 32.2 Å². The number of carbonyl (C=O) groups is 2. The fraction of sp³-hybridized carbons (Fsp3) is 0.929. The molecule has 3 unspecified atom stereocenters. The van der Waals surface area contributed by atoms with Gasteiger partial charge in [-0.3, -0.25) is 9.69 Å². The smallest absolute Gasteiger partial charge is 0.411 e. The highest BCUT2D eigenvalue weighted by molar-refractivity contribution is 7.99. The lowest BCUT2D eigenvalue weighted by molar-refractivity contribution is -0.205. The van der Waals surface area contributed by atoms with Crippen LogP contribution in [-0.2, 0) is 19.0 Å². The number of alkyl halides is 1. The van der Waals surface area contributed by atoms with Crippen molar-refractivity contribution in [2.75, 3.05) is 40.0 Å². The van der Waals surface area contributed by atoms with Crippen molar-refractivity contribution in [3.8, 4) is 0 Å². The van der Waals surface area contributed by atoms with Crippen LogP contribution in [-0.4, -0.2) is 136 Å². The van der Waals surface area contributed by atoms with Gasteiger partial charge in [-0.05, 0) is 86.2 Å². The van der Waals surface area contributed by atoms with E-state index in [9.17, 15) is 24.9 Å². The third kappa shape index (κ3) is 8.84. The molecule has 0 aromatic rings. The van der Waals surface area contributed by atoms with Crippen molar-refractivity contribution in [1.82, 2.24) is 15.1 Å². The summed E-state index contributed by atoms with van der Waals surface area (Å²) in [5.41, 5.74) is -1.58. The Labute approximate surface area is 253 Å². The normalized spacial score (nSPS) is 35.9. The largest absolute Gasteiger partial charge is 0.444 e. The standard InChI is InChI=1S/C28H50ClN3O8S/c1-15(29)18(24-21(34)20(33)22(35)26(39-24)41-7)30-25(36)19-23-17(14-32(19)27(37)40-28(2,3)4)13-16(10-12-38-23)9-8-11-31(5)6/h15-24,26,33-35H,8-14H2,1-7H3,(H,30,36)/t15-,16+,17-,18+,19-,20?,21?,22+,23+,24+,26?/m0/s1. The first-order valence-corrected chi connectivity index (χ1v) is 16.3. The Morgan fingerprint density at radius 1 is 1.20 bits per heavy atom. The molecule has 0 aromatic heterocycles. The molecule has 0 spiro atoms. The summed E-state index contributed by atoms with van der Waals surface area (Å²) in [6, 6.07) is -1.90. The lowest BCUT2D eigenvalue weighted by atomic mass is 9.87. The summed E-state index contributed by atoms with van der Waals surface area (Å²) in [4.78, 5) is 31.0. The topological polar surface area (TPSA) is 141 Å². The van der Waals surface area contributed by atoms with Crippen LogP contribution in [0.25, 0.3) is 0 Å². The van der Waals surface area contributed by atoms with Crippen LogP contribution in [0.5, 0.6) is 0 Å². The first-order chi connectivity index (χ1) is 19.1. The second-order valence-electron chi connectivity index (χ2n) is 12.9. The number of ether oxygens (including phenoxy) is 3. The maximum atomic E-state index is 14.0. The number of fused-ring (bicyclic) bond motifs is 1. The third-order valence-corrected chi connectivity index (χ3v) is 9.25. The molecule has 3 rings (SSSR count). The molecule has 3 aliphatic heterocycles. The Morgan fingerprint density at radius 3 is 2.46 bits per heavy atom. The fourth-order valence-electron chi connectivity index (χ4n) is 6.09. The van der Waals surface area contributed by atoms with E-state index in [4.69, 9.17) is 25.8 Å². The summed E-state index contributed by atoms with van der Waals surface area (Å²) in [5.74, 6) is -0.125. The van der Waals surface area contributed by atoms with Gasteiger partial charge in [0, 0.05) is 19.1 Å². The SMILES string of the molecule is CSC1O[C@H]([C@H](NC(=O)[C@@H]2[C@@H]3OCC[C@@H](CCCN(C)C)C[C@H]3CN2C(=O)OC(C)(C)C)[C@H](C)Cl)C(O)C(O)[C@H]1O. The second kappa shape index (κ2) is 14.7. The Kier molecular flexibility index (Phi) is 12.5. The highest BCUT2D eigenvalue weighted by Gasteiger charge is 2.53. The number of hydrogen-bond acceptors (Lipinski definition) is 10. The molecule has 0 aliphatic carbocycles. The van der Waals surface area contributed by atoms with Gasteiger partial charge in [-0.2, -0.15) is 0 Å². The van der Waals surface area contributed by atoms with Crippen molar-refractivity contribution < 1.29 is 39.1 Å². The van der Waals surface area contributed by atoms with E-state index in [1.54, 1.807) is 34.0 Å². The van der Waals surface area contributed by atoms with Gasteiger partial charge in [0.05, 0.1) is 17.5 Å². The van der Waals surface area contributed by atoms with E-state index in [1.165, 1.54) is 16.7 Å². The molecule has 0 radical (unpaired) electrons. The number of likely N-dealkylation sites (tertiary alicyclic amines) is 1. The van der Waals surface area contributed by atoms with Crippen LogP contribution in [0.15, 0.2) is 0 Å². The third-order valence-electron chi connectivity index (χ3n) is 8.13. The molecule has 3 fully saturated rings. The summed E-state index contributed by atoms with van der Waals surface area (Å²) < 4.78 is 17.9. The molecule has 11 nitrogen and oxygen atoms in total. The zero-order valence-electron chi connectivity index (χ0n) is 25.4. The molecule has 11 atom stereocenters. The number of halogens is 1. The molecular formula is C28H50ClN3O8S. The van der Waals surface area contributed by atoms with Gasteiger partial charge in [-0.15, -0.1) is 23.4 Å². The van der Waals surface area contributed by atoms with Crippen LogP contribution in [0.4, 0.5) is 4.79 Å². The van der Waals surface area contributed by atoms with Gasteiger partial charge in [0.2, 0.25) is 5.91 Å². The summed E-state index contributed by atoms with van der Waals surface area (Å²) >= 11 is 7.69. The van der Waals surface area contributed by atoms with Crippen molar-refractivity contribution >= 4 is 35.4 Å². The predicted octanol–water partition coefficient (Wildman–Crippen LogP) is 1.64. The number of aliphatic hydroxyl groups excluding tert-OH is 3. The molecule has 3 heterocycles. The van der Waals surface area contributed by atoms with Gasteiger partial charge in [-0.1, -0.05) is 0 Å². The number of carbonyl (C=O) groups excluding carboxylic acids is 2. The summed E-state index contributed by atoms with van der Waals surface area (Å²) in [7, 11) is 4.11. The summed E-state index contributed by atoms with van der Waals surface area (Å²) in [6.45, 7) is 8.79. The Bertz CT molecular complexity index is 876. The van der Waals surface area contributed by atoms with Crippen LogP contribution in [0.3, 0.4) is 0 Å². The molecule has 0 bridgehead atoms. The van der Waals surface area contributed by atoms with E-state index < -0.39 is 71.0 Å². The number of rotatable bonds is 9. The Morgan fingerprint density at radius 2 is 1.88 bits per heavy atom. The van der Waals surface area contributed by atoms with Gasteiger partial charge in [-0.25, -0.2) is 4.79 Å². The van der Waals surface area contributed by atoms with Crippen LogP contribution in [0, 0.1) is 11.8 Å². The molecule has 2 amide bonds. The summed E-state index contributed by atoms with van der Waals surface area (Å²) in [6.07, 6.45) is -0.956. The van der Waals surface area contributed by atoms with E-state index in [1.807, 2.05) is 0 Å². The van der Waals surface area contributed by atoms with E-state index in [2.05, 4.69) is 24.3 Å². The quantitative estimate of drug-likeness (QED) is 0.280. The number of nitrogens with zero attached hydrogens (tertiary/aromatic N) is 2. The maximum Gasteiger partial charge on any atom is 0.411 e. The Balaban J connectivity index is 1.84.